The normalized spacial score (nSPS) is 14.5. The molecule has 2 atom stereocenters. The predicted octanol–water partition coefficient (Wildman–Crippen LogP) is 0.0337. The lowest BCUT2D eigenvalue weighted by Crippen LogP contribution is -2.61. The summed E-state index contributed by atoms with van der Waals surface area (Å²) in [5.41, 5.74) is 10.4. The smallest absolute Gasteiger partial charge is 0.339 e. The Hall–Kier alpha value is -2.84. The Balaban J connectivity index is 3.00. The van der Waals surface area contributed by atoms with Crippen molar-refractivity contribution in [3.05, 3.63) is 42.5 Å². The number of rotatable bonds is 10. The van der Waals surface area contributed by atoms with E-state index < -0.39 is 23.3 Å². The largest absolute Gasteiger partial charge is 0.425 e. The van der Waals surface area contributed by atoms with Crippen LogP contribution in [0.5, 0.6) is 5.75 Å². The minimum absolute atomic E-state index is 0.0291. The molecule has 134 valence electrons. The Morgan fingerprint density at radius 1 is 1.32 bits per heavy atom. The molecule has 0 fully saturated rings. The van der Waals surface area contributed by atoms with Crippen LogP contribution < -0.4 is 22.0 Å². The standard InChI is InChI=1S/C17H22N4O4/c1-2-3-9-17(19,15(23)14(18)8-10-22)16(24)25-13-6-4-12(5-7-13)11-21-20/h2,4-7,10-11,14H,1,3,8-9,18-20H2. The van der Waals surface area contributed by atoms with Crippen molar-refractivity contribution in [2.24, 2.45) is 22.4 Å². The molecule has 0 saturated heterocycles. The molecule has 1 rings (SSSR count). The number of carbonyl (C=O) groups is 3. The summed E-state index contributed by atoms with van der Waals surface area (Å²) in [5, 5.41) is 3.38. The third-order valence-electron chi connectivity index (χ3n) is 3.55. The van der Waals surface area contributed by atoms with Gasteiger partial charge < -0.3 is 26.8 Å². The Morgan fingerprint density at radius 3 is 2.48 bits per heavy atom. The van der Waals surface area contributed by atoms with Crippen molar-refractivity contribution in [1.29, 1.82) is 0 Å². The summed E-state index contributed by atoms with van der Waals surface area (Å²) in [7, 11) is 0. The SMILES string of the molecule is C=CCCC(N)(C(=O)Oc1ccc(C=NN)cc1)C(=O)C(N)CC=O. The van der Waals surface area contributed by atoms with Gasteiger partial charge in [-0.25, -0.2) is 4.79 Å². The van der Waals surface area contributed by atoms with Crippen molar-refractivity contribution in [1.82, 2.24) is 0 Å². The molecular weight excluding hydrogens is 324 g/mol. The molecule has 0 heterocycles. The van der Waals surface area contributed by atoms with E-state index in [1.165, 1.54) is 24.4 Å². The van der Waals surface area contributed by atoms with Crippen LogP contribution in [0.2, 0.25) is 0 Å². The molecule has 0 saturated carbocycles. The number of hydrogen-bond donors (Lipinski definition) is 3. The van der Waals surface area contributed by atoms with Gasteiger partial charge in [-0.05, 0) is 42.7 Å². The first-order valence-corrected chi connectivity index (χ1v) is 7.58. The average Bonchev–Trinajstić information content (AvgIpc) is 2.61. The van der Waals surface area contributed by atoms with Gasteiger partial charge in [0.1, 0.15) is 12.0 Å². The van der Waals surface area contributed by atoms with Crippen LogP contribution in [0, 0.1) is 0 Å². The molecule has 25 heavy (non-hydrogen) atoms. The number of benzene rings is 1. The molecule has 6 N–H and O–H groups in total. The zero-order chi connectivity index (χ0) is 18.9. The lowest BCUT2D eigenvalue weighted by Gasteiger charge is -2.27. The van der Waals surface area contributed by atoms with E-state index in [1.54, 1.807) is 12.1 Å². The van der Waals surface area contributed by atoms with Crippen molar-refractivity contribution < 1.29 is 19.1 Å². The molecule has 1 aromatic carbocycles. The van der Waals surface area contributed by atoms with Crippen LogP contribution in [-0.2, 0) is 14.4 Å². The fourth-order valence-corrected chi connectivity index (χ4v) is 2.10. The van der Waals surface area contributed by atoms with E-state index in [0.717, 1.165) is 0 Å². The van der Waals surface area contributed by atoms with Crippen LogP contribution in [0.1, 0.15) is 24.8 Å². The minimum Gasteiger partial charge on any atom is -0.425 e. The number of ketones is 1. The zero-order valence-corrected chi connectivity index (χ0v) is 13.8. The van der Waals surface area contributed by atoms with Gasteiger partial charge in [0.25, 0.3) is 0 Å². The summed E-state index contributed by atoms with van der Waals surface area (Å²) in [4.78, 5) is 35.5. The molecule has 0 aromatic heterocycles. The fraction of sp³-hybridized carbons (Fsp3) is 0.294. The fourth-order valence-electron chi connectivity index (χ4n) is 2.10. The van der Waals surface area contributed by atoms with E-state index >= 15 is 0 Å². The maximum absolute atomic E-state index is 12.5. The maximum Gasteiger partial charge on any atom is 0.339 e. The maximum atomic E-state index is 12.5. The van der Waals surface area contributed by atoms with Crippen molar-refractivity contribution >= 4 is 24.3 Å². The van der Waals surface area contributed by atoms with Crippen molar-refractivity contribution in [3.63, 3.8) is 0 Å². The number of hydrazone groups is 1. The minimum atomic E-state index is -1.96. The number of nitrogens with two attached hydrogens (primary N) is 3. The van der Waals surface area contributed by atoms with Gasteiger partial charge in [0.2, 0.25) is 0 Å². The number of hydrogen-bond acceptors (Lipinski definition) is 8. The number of carbonyl (C=O) groups excluding carboxylic acids is 3. The van der Waals surface area contributed by atoms with Gasteiger partial charge in [-0.1, -0.05) is 6.08 Å². The molecule has 8 heteroatoms. The molecule has 0 bridgehead atoms. The first-order valence-electron chi connectivity index (χ1n) is 7.58. The Morgan fingerprint density at radius 2 is 1.96 bits per heavy atom. The third-order valence-corrected chi connectivity index (χ3v) is 3.55. The highest BCUT2D eigenvalue weighted by Crippen LogP contribution is 2.20. The van der Waals surface area contributed by atoms with E-state index in [9.17, 15) is 14.4 Å². The first-order chi connectivity index (χ1) is 11.9. The molecule has 1 aromatic rings. The molecule has 0 radical (unpaired) electrons. The van der Waals surface area contributed by atoms with E-state index in [2.05, 4.69) is 11.7 Å². The van der Waals surface area contributed by atoms with Crippen molar-refractivity contribution in [2.75, 3.05) is 0 Å². The number of Topliss-reactive ketones (excluding diaryl/α,β-unsaturated/α-hetero) is 1. The molecule has 8 nitrogen and oxygen atoms in total. The van der Waals surface area contributed by atoms with Crippen molar-refractivity contribution in [2.45, 2.75) is 30.8 Å². The number of esters is 1. The number of allylic oxidation sites excluding steroid dienone is 1. The summed E-state index contributed by atoms with van der Waals surface area (Å²) < 4.78 is 5.22. The van der Waals surface area contributed by atoms with Crippen LogP contribution in [0.4, 0.5) is 0 Å². The average molecular weight is 346 g/mol. The van der Waals surface area contributed by atoms with E-state index in [4.69, 9.17) is 22.0 Å². The molecule has 0 spiro atoms. The molecular formula is C17H22N4O4. The van der Waals surface area contributed by atoms with Crippen molar-refractivity contribution in [3.8, 4) is 5.75 Å². The summed E-state index contributed by atoms with van der Waals surface area (Å²) in [5.74, 6) is 3.56. The van der Waals surface area contributed by atoms with E-state index in [1.807, 2.05) is 0 Å². The summed E-state index contributed by atoms with van der Waals surface area (Å²) in [6.07, 6.45) is 3.49. The molecule has 2 unspecified atom stereocenters. The number of aldehydes is 1. The summed E-state index contributed by atoms with van der Waals surface area (Å²) >= 11 is 0. The van der Waals surface area contributed by atoms with Crippen LogP contribution in [0.15, 0.2) is 42.0 Å². The summed E-state index contributed by atoms with van der Waals surface area (Å²) in [6, 6.07) is 5.10. The molecule has 0 aliphatic rings. The van der Waals surface area contributed by atoms with Gasteiger partial charge in [0.05, 0.1) is 12.3 Å². The van der Waals surface area contributed by atoms with Gasteiger partial charge in [0, 0.05) is 6.42 Å². The lowest BCUT2D eigenvalue weighted by atomic mass is 9.85. The Bertz CT molecular complexity index is 657. The quantitative estimate of drug-likeness (QED) is 0.0790. The Kier molecular flexibility index (Phi) is 7.64. The van der Waals surface area contributed by atoms with Gasteiger partial charge in [0.15, 0.2) is 11.3 Å². The topological polar surface area (TPSA) is 151 Å². The van der Waals surface area contributed by atoms with Crippen LogP contribution >= 0.6 is 0 Å². The van der Waals surface area contributed by atoms with E-state index in [0.29, 0.717) is 18.3 Å². The van der Waals surface area contributed by atoms with E-state index in [-0.39, 0.29) is 18.6 Å². The predicted molar refractivity (Wildman–Crippen MR) is 93.9 cm³/mol. The summed E-state index contributed by atoms with van der Waals surface area (Å²) in [6.45, 7) is 3.55. The van der Waals surface area contributed by atoms with Crippen LogP contribution in [0.25, 0.3) is 0 Å². The highest BCUT2D eigenvalue weighted by atomic mass is 16.5. The second-order valence-electron chi connectivity index (χ2n) is 5.41. The monoisotopic (exact) mass is 346 g/mol. The molecule has 0 aliphatic carbocycles. The first kappa shape index (κ1) is 20.2. The lowest BCUT2D eigenvalue weighted by molar-refractivity contribution is -0.147. The molecule has 0 amide bonds. The second-order valence-corrected chi connectivity index (χ2v) is 5.41. The van der Waals surface area contributed by atoms with Gasteiger partial charge >= 0.3 is 5.97 Å². The molecule has 0 aliphatic heterocycles. The highest BCUT2D eigenvalue weighted by molar-refractivity contribution is 6.11. The number of nitrogens with zero attached hydrogens (tertiary/aromatic N) is 1. The highest BCUT2D eigenvalue weighted by Gasteiger charge is 2.45. The van der Waals surface area contributed by atoms with Gasteiger partial charge in [-0.3, -0.25) is 4.79 Å². The second kappa shape index (κ2) is 9.45. The van der Waals surface area contributed by atoms with Crippen LogP contribution in [-0.4, -0.2) is 35.8 Å². The van der Waals surface area contributed by atoms with Gasteiger partial charge in [-0.15, -0.1) is 6.58 Å². The van der Waals surface area contributed by atoms with Gasteiger partial charge in [-0.2, -0.15) is 5.10 Å². The van der Waals surface area contributed by atoms with Crippen LogP contribution in [0.3, 0.4) is 0 Å². The Labute approximate surface area is 145 Å². The third kappa shape index (κ3) is 5.33. The number of ether oxygens (including phenoxy) is 1. The zero-order valence-electron chi connectivity index (χ0n) is 13.8.